The van der Waals surface area contributed by atoms with Gasteiger partial charge in [-0.1, -0.05) is 0 Å². The van der Waals surface area contributed by atoms with Crippen LogP contribution in [0.1, 0.15) is 17.3 Å². The highest BCUT2D eigenvalue weighted by Gasteiger charge is 2.19. The number of hydrogen-bond donors (Lipinski definition) is 1. The minimum absolute atomic E-state index is 0.273. The highest BCUT2D eigenvalue weighted by molar-refractivity contribution is 5.97. The summed E-state index contributed by atoms with van der Waals surface area (Å²) in [6.45, 7) is 1.52. The van der Waals surface area contributed by atoms with Crippen molar-refractivity contribution in [2.45, 2.75) is 13.0 Å². The van der Waals surface area contributed by atoms with Crippen molar-refractivity contribution in [2.75, 3.05) is 24.3 Å². The number of nitrogens with zero attached hydrogens (tertiary/aromatic N) is 1. The maximum atomic E-state index is 12.0. The van der Waals surface area contributed by atoms with E-state index in [1.807, 2.05) is 31.1 Å². The van der Waals surface area contributed by atoms with E-state index < -0.39 is 18.0 Å². The lowest BCUT2D eigenvalue weighted by atomic mass is 10.2. The molecule has 6 nitrogen and oxygen atoms in total. The van der Waals surface area contributed by atoms with Crippen LogP contribution in [0, 0.1) is 0 Å². The van der Waals surface area contributed by atoms with Crippen LogP contribution < -0.4 is 10.2 Å². The highest BCUT2D eigenvalue weighted by Crippen LogP contribution is 2.16. The Hall–Kier alpha value is -2.76. The van der Waals surface area contributed by atoms with Crippen molar-refractivity contribution >= 4 is 23.3 Å². The Labute approximate surface area is 128 Å². The molecule has 0 saturated carbocycles. The molecule has 116 valence electrons. The smallest absolute Gasteiger partial charge is 0.342 e. The molecule has 1 amide bonds. The zero-order valence-corrected chi connectivity index (χ0v) is 12.7. The molecular formula is C16H18N2O4. The number of hydrogen-bond acceptors (Lipinski definition) is 5. The molecule has 0 unspecified atom stereocenters. The van der Waals surface area contributed by atoms with Crippen LogP contribution in [0.5, 0.6) is 0 Å². The number of carbonyl (C=O) groups is 2. The average Bonchev–Trinajstić information content (AvgIpc) is 3.02. The van der Waals surface area contributed by atoms with E-state index in [-0.39, 0.29) is 5.56 Å². The average molecular weight is 302 g/mol. The Bertz CT molecular complexity index is 633. The SMILES string of the molecule is C[C@@H](OC(=O)c1ccoc1)C(=O)Nc1ccc(N(C)C)cc1. The van der Waals surface area contributed by atoms with E-state index in [2.05, 4.69) is 5.32 Å². The van der Waals surface area contributed by atoms with Gasteiger partial charge in [-0.25, -0.2) is 4.79 Å². The summed E-state index contributed by atoms with van der Waals surface area (Å²) >= 11 is 0. The van der Waals surface area contributed by atoms with E-state index in [0.29, 0.717) is 5.69 Å². The number of ether oxygens (including phenoxy) is 1. The van der Waals surface area contributed by atoms with E-state index in [1.54, 1.807) is 12.1 Å². The number of nitrogens with one attached hydrogen (secondary N) is 1. The van der Waals surface area contributed by atoms with Crippen molar-refractivity contribution in [1.29, 1.82) is 0 Å². The monoisotopic (exact) mass is 302 g/mol. The molecule has 6 heteroatoms. The normalized spacial score (nSPS) is 11.6. The number of anilines is 2. The van der Waals surface area contributed by atoms with Gasteiger partial charge in [-0.2, -0.15) is 0 Å². The Morgan fingerprint density at radius 1 is 1.18 bits per heavy atom. The van der Waals surface area contributed by atoms with Gasteiger partial charge in [-0.3, -0.25) is 4.79 Å². The summed E-state index contributed by atoms with van der Waals surface area (Å²) in [6.07, 6.45) is 1.73. The number of carbonyl (C=O) groups excluding carboxylic acids is 2. The molecule has 0 spiro atoms. The van der Waals surface area contributed by atoms with Gasteiger partial charge >= 0.3 is 5.97 Å². The van der Waals surface area contributed by atoms with Crippen LogP contribution in [0.4, 0.5) is 11.4 Å². The summed E-state index contributed by atoms with van der Waals surface area (Å²) < 4.78 is 9.87. The molecule has 0 saturated heterocycles. The Balaban J connectivity index is 1.92. The molecule has 0 radical (unpaired) electrons. The summed E-state index contributed by atoms with van der Waals surface area (Å²) in [7, 11) is 3.87. The molecule has 1 N–H and O–H groups in total. The molecule has 1 atom stereocenters. The number of benzene rings is 1. The van der Waals surface area contributed by atoms with Crippen LogP contribution in [-0.2, 0) is 9.53 Å². The maximum absolute atomic E-state index is 12.0. The first-order chi connectivity index (χ1) is 10.5. The van der Waals surface area contributed by atoms with Crippen LogP contribution in [0.3, 0.4) is 0 Å². The summed E-state index contributed by atoms with van der Waals surface area (Å²) in [6, 6.07) is 8.83. The molecule has 1 heterocycles. The van der Waals surface area contributed by atoms with Gasteiger partial charge in [0.25, 0.3) is 5.91 Å². The fourth-order valence-electron chi connectivity index (χ4n) is 1.75. The Kier molecular flexibility index (Phi) is 4.83. The predicted octanol–water partition coefficient (Wildman–Crippen LogP) is 2.53. The molecule has 1 aromatic carbocycles. The van der Waals surface area contributed by atoms with Gasteiger partial charge in [-0.05, 0) is 37.3 Å². The second-order valence-electron chi connectivity index (χ2n) is 4.99. The standard InChI is InChI=1S/C16H18N2O4/c1-11(22-16(20)12-8-9-21-10-12)15(19)17-13-4-6-14(7-5-13)18(2)3/h4-11H,1-3H3,(H,17,19)/t11-/m1/s1. The van der Waals surface area contributed by atoms with Gasteiger partial charge in [0.1, 0.15) is 6.26 Å². The van der Waals surface area contributed by atoms with Crippen LogP contribution in [0.2, 0.25) is 0 Å². The van der Waals surface area contributed by atoms with E-state index in [0.717, 1.165) is 5.69 Å². The minimum atomic E-state index is -0.907. The molecule has 22 heavy (non-hydrogen) atoms. The minimum Gasteiger partial charge on any atom is -0.472 e. The first-order valence-electron chi connectivity index (χ1n) is 6.79. The number of esters is 1. The van der Waals surface area contributed by atoms with Crippen LogP contribution in [0.15, 0.2) is 47.3 Å². The fraction of sp³-hybridized carbons (Fsp3) is 0.250. The van der Waals surface area contributed by atoms with Gasteiger partial charge in [0.15, 0.2) is 6.10 Å². The van der Waals surface area contributed by atoms with Crippen molar-refractivity contribution in [3.05, 3.63) is 48.4 Å². The molecule has 2 rings (SSSR count). The zero-order chi connectivity index (χ0) is 16.1. The lowest BCUT2D eigenvalue weighted by molar-refractivity contribution is -0.123. The van der Waals surface area contributed by atoms with E-state index in [9.17, 15) is 9.59 Å². The van der Waals surface area contributed by atoms with Crippen LogP contribution >= 0.6 is 0 Å². The molecular weight excluding hydrogens is 284 g/mol. The van der Waals surface area contributed by atoms with Gasteiger partial charge in [0.2, 0.25) is 0 Å². The lowest BCUT2D eigenvalue weighted by Gasteiger charge is -2.15. The lowest BCUT2D eigenvalue weighted by Crippen LogP contribution is -2.29. The molecule has 1 aromatic heterocycles. The van der Waals surface area contributed by atoms with Gasteiger partial charge in [0, 0.05) is 25.5 Å². The Morgan fingerprint density at radius 3 is 2.41 bits per heavy atom. The van der Waals surface area contributed by atoms with Gasteiger partial charge in [-0.15, -0.1) is 0 Å². The van der Waals surface area contributed by atoms with Crippen molar-refractivity contribution < 1.29 is 18.7 Å². The Morgan fingerprint density at radius 2 is 1.86 bits per heavy atom. The number of furan rings is 1. The molecule has 0 aliphatic heterocycles. The second-order valence-corrected chi connectivity index (χ2v) is 4.99. The maximum Gasteiger partial charge on any atom is 0.342 e. The number of rotatable bonds is 5. The van der Waals surface area contributed by atoms with Gasteiger partial charge < -0.3 is 19.4 Å². The fourth-order valence-corrected chi connectivity index (χ4v) is 1.75. The summed E-state index contributed by atoms with van der Waals surface area (Å²) in [5.74, 6) is -0.992. The van der Waals surface area contributed by atoms with E-state index in [1.165, 1.54) is 25.5 Å². The largest absolute Gasteiger partial charge is 0.472 e. The summed E-state index contributed by atoms with van der Waals surface area (Å²) in [4.78, 5) is 25.7. The van der Waals surface area contributed by atoms with Gasteiger partial charge in [0.05, 0.1) is 11.8 Å². The summed E-state index contributed by atoms with van der Waals surface area (Å²) in [5.41, 5.74) is 1.94. The predicted molar refractivity (Wildman–Crippen MR) is 83.0 cm³/mol. The molecule has 0 bridgehead atoms. The van der Waals surface area contributed by atoms with Crippen molar-refractivity contribution in [3.8, 4) is 0 Å². The van der Waals surface area contributed by atoms with Crippen LogP contribution in [-0.4, -0.2) is 32.1 Å². The molecule has 2 aromatic rings. The molecule has 0 aliphatic rings. The zero-order valence-electron chi connectivity index (χ0n) is 12.7. The third kappa shape index (κ3) is 3.88. The second kappa shape index (κ2) is 6.80. The topological polar surface area (TPSA) is 71.8 Å². The number of amides is 1. The highest BCUT2D eigenvalue weighted by atomic mass is 16.5. The first-order valence-corrected chi connectivity index (χ1v) is 6.79. The quantitative estimate of drug-likeness (QED) is 0.859. The summed E-state index contributed by atoms with van der Waals surface area (Å²) in [5, 5.41) is 2.70. The van der Waals surface area contributed by atoms with Crippen molar-refractivity contribution in [3.63, 3.8) is 0 Å². The first kappa shape index (κ1) is 15.6. The van der Waals surface area contributed by atoms with Crippen molar-refractivity contribution in [1.82, 2.24) is 0 Å². The third-order valence-corrected chi connectivity index (χ3v) is 3.06. The third-order valence-electron chi connectivity index (χ3n) is 3.06. The van der Waals surface area contributed by atoms with Crippen molar-refractivity contribution in [2.24, 2.45) is 0 Å². The van der Waals surface area contributed by atoms with Crippen LogP contribution in [0.25, 0.3) is 0 Å². The molecule has 0 aliphatic carbocycles. The van der Waals surface area contributed by atoms with E-state index >= 15 is 0 Å². The molecule has 0 fully saturated rings. The van der Waals surface area contributed by atoms with E-state index in [4.69, 9.17) is 9.15 Å².